The number of nitrogens with one attached hydrogen (secondary N) is 2. The molecule has 122 valence electrons. The molecule has 1 aliphatic rings. The quantitative estimate of drug-likeness (QED) is 0.816. The lowest BCUT2D eigenvalue weighted by Crippen LogP contribution is -2.22. The maximum absolute atomic E-state index is 11.5. The highest BCUT2D eigenvalue weighted by Gasteiger charge is 2.28. The van der Waals surface area contributed by atoms with Crippen LogP contribution in [-0.4, -0.2) is 41.1 Å². The van der Waals surface area contributed by atoms with Crippen molar-refractivity contribution in [2.24, 2.45) is 0 Å². The van der Waals surface area contributed by atoms with Crippen molar-refractivity contribution in [3.05, 3.63) is 34.4 Å². The number of rotatable bonds is 4. The molecule has 0 bridgehead atoms. The first-order valence-electron chi connectivity index (χ1n) is 7.11. The molecule has 1 aromatic carbocycles. The van der Waals surface area contributed by atoms with Crippen LogP contribution in [0.5, 0.6) is 0 Å². The van der Waals surface area contributed by atoms with E-state index >= 15 is 0 Å². The van der Waals surface area contributed by atoms with E-state index in [4.69, 9.17) is 0 Å². The zero-order chi connectivity index (χ0) is 16.4. The number of anilines is 3. The van der Waals surface area contributed by atoms with Crippen molar-refractivity contribution in [1.29, 1.82) is 0 Å². The molecule has 0 aliphatic carbocycles. The van der Waals surface area contributed by atoms with E-state index in [0.29, 0.717) is 18.2 Å². The van der Waals surface area contributed by atoms with Gasteiger partial charge < -0.3 is 10.6 Å². The van der Waals surface area contributed by atoms with Crippen molar-refractivity contribution in [2.75, 3.05) is 22.1 Å². The Morgan fingerprint density at radius 1 is 1.35 bits per heavy atom. The largest absolute Gasteiger partial charge is 0.349 e. The van der Waals surface area contributed by atoms with Crippen LogP contribution in [0, 0.1) is 6.92 Å². The number of aryl methyl sites for hydroxylation is 1. The van der Waals surface area contributed by atoms with Gasteiger partial charge in [-0.2, -0.15) is 10.1 Å². The van der Waals surface area contributed by atoms with Gasteiger partial charge in [0.2, 0.25) is 5.95 Å². The lowest BCUT2D eigenvalue weighted by molar-refractivity contribution is 0.602. The SMILES string of the molecule is Cc1ccc(Nc2cnnc(NC3CCS(=O)(=O)C3)n2)cc1Br. The van der Waals surface area contributed by atoms with Gasteiger partial charge >= 0.3 is 0 Å². The molecule has 1 aromatic heterocycles. The number of nitrogens with zero attached hydrogens (tertiary/aromatic N) is 3. The van der Waals surface area contributed by atoms with Crippen molar-refractivity contribution in [3.8, 4) is 0 Å². The summed E-state index contributed by atoms with van der Waals surface area (Å²) in [6.07, 6.45) is 2.08. The molecule has 0 spiro atoms. The van der Waals surface area contributed by atoms with E-state index in [1.54, 1.807) is 0 Å². The highest BCUT2D eigenvalue weighted by molar-refractivity contribution is 9.10. The van der Waals surface area contributed by atoms with Gasteiger partial charge in [-0.1, -0.05) is 22.0 Å². The summed E-state index contributed by atoms with van der Waals surface area (Å²) in [6, 6.07) is 5.72. The van der Waals surface area contributed by atoms with Crippen LogP contribution in [0.15, 0.2) is 28.9 Å². The Bertz CT molecular complexity index is 828. The average molecular weight is 398 g/mol. The number of halogens is 1. The first-order valence-corrected chi connectivity index (χ1v) is 9.72. The minimum absolute atomic E-state index is 0.110. The summed E-state index contributed by atoms with van der Waals surface area (Å²) in [5, 5.41) is 14.0. The minimum atomic E-state index is -2.94. The fraction of sp³-hybridized carbons (Fsp3) is 0.357. The Morgan fingerprint density at radius 2 is 2.17 bits per heavy atom. The van der Waals surface area contributed by atoms with E-state index in [1.165, 1.54) is 6.20 Å². The fourth-order valence-corrected chi connectivity index (χ4v) is 4.39. The Hall–Kier alpha value is -1.74. The predicted molar refractivity (Wildman–Crippen MR) is 92.7 cm³/mol. The average Bonchev–Trinajstić information content (AvgIpc) is 2.82. The Balaban J connectivity index is 1.71. The topological polar surface area (TPSA) is 96.9 Å². The summed E-state index contributed by atoms with van der Waals surface area (Å²) >= 11 is 3.49. The van der Waals surface area contributed by atoms with Gasteiger partial charge in [0, 0.05) is 16.2 Å². The summed E-state index contributed by atoms with van der Waals surface area (Å²) in [6.45, 7) is 2.01. The van der Waals surface area contributed by atoms with E-state index in [1.807, 2.05) is 25.1 Å². The van der Waals surface area contributed by atoms with Crippen LogP contribution in [0.1, 0.15) is 12.0 Å². The molecule has 2 aromatic rings. The van der Waals surface area contributed by atoms with E-state index in [-0.39, 0.29) is 17.5 Å². The van der Waals surface area contributed by atoms with Crippen molar-refractivity contribution in [3.63, 3.8) is 0 Å². The summed E-state index contributed by atoms with van der Waals surface area (Å²) in [4.78, 5) is 4.33. The van der Waals surface area contributed by atoms with Crippen molar-refractivity contribution in [2.45, 2.75) is 19.4 Å². The van der Waals surface area contributed by atoms with Crippen molar-refractivity contribution < 1.29 is 8.42 Å². The Labute approximate surface area is 143 Å². The number of sulfone groups is 1. The van der Waals surface area contributed by atoms with E-state index in [9.17, 15) is 8.42 Å². The van der Waals surface area contributed by atoms with Gasteiger partial charge in [0.25, 0.3) is 0 Å². The highest BCUT2D eigenvalue weighted by Crippen LogP contribution is 2.23. The lowest BCUT2D eigenvalue weighted by atomic mass is 10.2. The van der Waals surface area contributed by atoms with E-state index in [2.05, 4.69) is 41.7 Å². The van der Waals surface area contributed by atoms with Gasteiger partial charge in [-0.05, 0) is 31.0 Å². The van der Waals surface area contributed by atoms with Crippen LogP contribution in [0.2, 0.25) is 0 Å². The number of hydrogen-bond acceptors (Lipinski definition) is 7. The van der Waals surface area contributed by atoms with Crippen LogP contribution in [0.25, 0.3) is 0 Å². The van der Waals surface area contributed by atoms with Gasteiger partial charge in [-0.15, -0.1) is 5.10 Å². The first kappa shape index (κ1) is 16.1. The third kappa shape index (κ3) is 4.17. The summed E-state index contributed by atoms with van der Waals surface area (Å²) in [5.41, 5.74) is 2.01. The molecule has 0 radical (unpaired) electrons. The second-order valence-electron chi connectivity index (χ2n) is 5.50. The van der Waals surface area contributed by atoms with Crippen molar-refractivity contribution >= 4 is 43.2 Å². The third-order valence-electron chi connectivity index (χ3n) is 3.57. The van der Waals surface area contributed by atoms with Crippen LogP contribution >= 0.6 is 15.9 Å². The molecule has 3 rings (SSSR count). The monoisotopic (exact) mass is 397 g/mol. The molecular weight excluding hydrogens is 382 g/mol. The minimum Gasteiger partial charge on any atom is -0.349 e. The summed E-state index contributed by atoms with van der Waals surface area (Å²) in [5.74, 6) is 1.18. The number of aromatic nitrogens is 3. The second kappa shape index (κ2) is 6.40. The summed E-state index contributed by atoms with van der Waals surface area (Å²) < 4.78 is 24.0. The molecule has 7 nitrogen and oxygen atoms in total. The molecule has 1 atom stereocenters. The van der Waals surface area contributed by atoms with Gasteiger partial charge in [0.05, 0.1) is 17.7 Å². The van der Waals surface area contributed by atoms with Gasteiger partial charge in [-0.3, -0.25) is 0 Å². The number of benzene rings is 1. The fourth-order valence-electron chi connectivity index (χ4n) is 2.33. The molecule has 1 aliphatic heterocycles. The smallest absolute Gasteiger partial charge is 0.244 e. The van der Waals surface area contributed by atoms with E-state index < -0.39 is 9.84 Å². The maximum atomic E-state index is 11.5. The van der Waals surface area contributed by atoms with Crippen LogP contribution in [-0.2, 0) is 9.84 Å². The molecule has 2 N–H and O–H groups in total. The van der Waals surface area contributed by atoms with Gasteiger partial charge in [0.15, 0.2) is 15.7 Å². The highest BCUT2D eigenvalue weighted by atomic mass is 79.9. The molecule has 23 heavy (non-hydrogen) atoms. The third-order valence-corrected chi connectivity index (χ3v) is 6.19. The predicted octanol–water partition coefficient (Wildman–Crippen LogP) is 2.29. The number of hydrogen-bond donors (Lipinski definition) is 2. The molecule has 1 saturated heterocycles. The molecular formula is C14H16BrN5O2S. The van der Waals surface area contributed by atoms with Crippen molar-refractivity contribution in [1.82, 2.24) is 15.2 Å². The molecule has 2 heterocycles. The normalized spacial score (nSPS) is 19.5. The Kier molecular flexibility index (Phi) is 4.49. The van der Waals surface area contributed by atoms with Gasteiger partial charge in [0.1, 0.15) is 0 Å². The van der Waals surface area contributed by atoms with Crippen LogP contribution in [0.3, 0.4) is 0 Å². The molecule has 1 fully saturated rings. The van der Waals surface area contributed by atoms with Crippen LogP contribution < -0.4 is 10.6 Å². The van der Waals surface area contributed by atoms with Crippen LogP contribution in [0.4, 0.5) is 17.5 Å². The molecule has 0 amide bonds. The molecule has 9 heteroatoms. The lowest BCUT2D eigenvalue weighted by Gasteiger charge is -2.11. The zero-order valence-corrected chi connectivity index (χ0v) is 14.9. The zero-order valence-electron chi connectivity index (χ0n) is 12.5. The molecule has 0 saturated carbocycles. The second-order valence-corrected chi connectivity index (χ2v) is 8.58. The first-order chi connectivity index (χ1) is 10.9. The molecule has 1 unspecified atom stereocenters. The standard InChI is InChI=1S/C14H16BrN5O2S/c1-9-2-3-10(6-12(9)15)17-13-7-16-20-14(19-13)18-11-4-5-23(21,22)8-11/h2-3,6-7,11H,4-5,8H2,1H3,(H2,17,18,19,20). The Morgan fingerprint density at radius 3 is 2.87 bits per heavy atom. The van der Waals surface area contributed by atoms with E-state index in [0.717, 1.165) is 15.7 Å². The summed E-state index contributed by atoms with van der Waals surface area (Å²) in [7, 11) is -2.94. The van der Waals surface area contributed by atoms with Gasteiger partial charge in [-0.25, -0.2) is 8.42 Å². The maximum Gasteiger partial charge on any atom is 0.244 e.